The first-order valence-electron chi connectivity index (χ1n) is 6.69. The van der Waals surface area contributed by atoms with E-state index < -0.39 is 12.8 Å². The third-order valence-corrected chi connectivity index (χ3v) is 2.88. The molecule has 3 rings (SSSR count). The number of fused-ring (bicyclic) bond motifs is 1. The predicted octanol–water partition coefficient (Wildman–Crippen LogP) is 4.36. The summed E-state index contributed by atoms with van der Waals surface area (Å²) in [7, 11) is 0. The molecule has 23 heavy (non-hydrogen) atoms. The molecule has 118 valence electrons. The van der Waals surface area contributed by atoms with Crippen molar-refractivity contribution in [2.45, 2.75) is 6.18 Å². The molecule has 0 aliphatic rings. The van der Waals surface area contributed by atoms with Crippen LogP contribution in [-0.2, 0) is 0 Å². The van der Waals surface area contributed by atoms with Gasteiger partial charge in [-0.1, -0.05) is 18.2 Å². The summed E-state index contributed by atoms with van der Waals surface area (Å²) in [6, 6.07) is 13.5. The zero-order chi connectivity index (χ0) is 16.3. The first-order valence-corrected chi connectivity index (χ1v) is 6.69. The van der Waals surface area contributed by atoms with Gasteiger partial charge in [-0.05, 0) is 18.2 Å². The summed E-state index contributed by atoms with van der Waals surface area (Å²) < 4.78 is 47.1. The van der Waals surface area contributed by atoms with E-state index in [1.807, 2.05) is 18.2 Å². The van der Waals surface area contributed by atoms with Crippen molar-refractivity contribution in [3.63, 3.8) is 0 Å². The molecule has 0 unspecified atom stereocenters. The van der Waals surface area contributed by atoms with Crippen molar-refractivity contribution in [3.05, 3.63) is 54.7 Å². The number of ether oxygens (including phenoxy) is 2. The average Bonchev–Trinajstić information content (AvgIpc) is 2.53. The lowest BCUT2D eigenvalue weighted by Gasteiger charge is -2.11. The fourth-order valence-corrected chi connectivity index (χ4v) is 1.92. The highest BCUT2D eigenvalue weighted by Crippen LogP contribution is 2.29. The Hall–Kier alpha value is -2.83. The normalized spacial score (nSPS) is 11.4. The van der Waals surface area contributed by atoms with Crippen LogP contribution in [0.15, 0.2) is 54.7 Å². The topological polar surface area (TPSA) is 44.2 Å². The van der Waals surface area contributed by atoms with Crippen LogP contribution in [0.25, 0.3) is 11.0 Å². The molecule has 0 amide bonds. The highest BCUT2D eigenvalue weighted by atomic mass is 19.4. The van der Waals surface area contributed by atoms with Crippen LogP contribution in [0.5, 0.6) is 17.4 Å². The molecule has 0 saturated carbocycles. The van der Waals surface area contributed by atoms with Gasteiger partial charge in [0, 0.05) is 18.3 Å². The van der Waals surface area contributed by atoms with Crippen molar-refractivity contribution in [1.29, 1.82) is 0 Å². The molecule has 0 N–H and O–H groups in total. The minimum absolute atomic E-state index is 0.138. The van der Waals surface area contributed by atoms with E-state index in [2.05, 4.69) is 14.7 Å². The molecule has 1 aromatic carbocycles. The second-order valence-corrected chi connectivity index (χ2v) is 4.65. The van der Waals surface area contributed by atoms with E-state index in [0.717, 1.165) is 0 Å². The quantitative estimate of drug-likeness (QED) is 0.716. The second kappa shape index (κ2) is 6.12. The highest BCUT2D eigenvalue weighted by Gasteiger charge is 2.28. The number of nitrogens with zero attached hydrogens (tertiary/aromatic N) is 2. The lowest BCUT2D eigenvalue weighted by atomic mass is 10.3. The first-order chi connectivity index (χ1) is 11.0. The molecular formula is C16H11F3N2O2. The Labute approximate surface area is 129 Å². The maximum atomic E-state index is 12.2. The number of para-hydroxylation sites is 1. The number of alkyl halides is 3. The Morgan fingerprint density at radius 3 is 2.48 bits per heavy atom. The molecule has 3 aromatic rings. The molecule has 2 aromatic heterocycles. The summed E-state index contributed by atoms with van der Waals surface area (Å²) >= 11 is 0. The molecule has 7 heteroatoms. The van der Waals surface area contributed by atoms with Crippen LogP contribution in [0.4, 0.5) is 13.2 Å². The Morgan fingerprint density at radius 1 is 0.957 bits per heavy atom. The van der Waals surface area contributed by atoms with E-state index in [9.17, 15) is 13.2 Å². The number of aromatic nitrogens is 2. The van der Waals surface area contributed by atoms with Gasteiger partial charge in [-0.15, -0.1) is 0 Å². The van der Waals surface area contributed by atoms with Gasteiger partial charge in [-0.25, -0.2) is 4.98 Å². The van der Waals surface area contributed by atoms with E-state index in [4.69, 9.17) is 4.74 Å². The maximum Gasteiger partial charge on any atom is 0.422 e. The Morgan fingerprint density at radius 2 is 1.74 bits per heavy atom. The first kappa shape index (κ1) is 15.1. The summed E-state index contributed by atoms with van der Waals surface area (Å²) in [6.45, 7) is -1.40. The van der Waals surface area contributed by atoms with Gasteiger partial charge in [-0.2, -0.15) is 13.2 Å². The van der Waals surface area contributed by atoms with Crippen LogP contribution in [0.3, 0.4) is 0 Å². The van der Waals surface area contributed by atoms with Gasteiger partial charge < -0.3 is 9.47 Å². The minimum atomic E-state index is -4.42. The number of hydrogen-bond acceptors (Lipinski definition) is 4. The largest absolute Gasteiger partial charge is 0.468 e. The fraction of sp³-hybridized carbons (Fsp3) is 0.125. The van der Waals surface area contributed by atoms with E-state index in [-0.39, 0.29) is 5.88 Å². The third kappa shape index (κ3) is 3.88. The van der Waals surface area contributed by atoms with Crippen LogP contribution in [-0.4, -0.2) is 22.8 Å². The van der Waals surface area contributed by atoms with Crippen molar-refractivity contribution in [1.82, 2.24) is 9.97 Å². The molecule has 0 aliphatic heterocycles. The van der Waals surface area contributed by atoms with Gasteiger partial charge in [0.05, 0.1) is 5.52 Å². The number of hydrogen-bond donors (Lipinski definition) is 0. The van der Waals surface area contributed by atoms with Crippen LogP contribution in [0, 0.1) is 0 Å². The molecule has 0 saturated heterocycles. The van der Waals surface area contributed by atoms with Gasteiger partial charge in [-0.3, -0.25) is 4.98 Å². The van der Waals surface area contributed by atoms with E-state index in [1.54, 1.807) is 24.4 Å². The van der Waals surface area contributed by atoms with Crippen molar-refractivity contribution in [2.24, 2.45) is 0 Å². The predicted molar refractivity (Wildman–Crippen MR) is 77.6 cm³/mol. The number of pyridine rings is 2. The van der Waals surface area contributed by atoms with Crippen LogP contribution in [0.2, 0.25) is 0 Å². The lowest BCUT2D eigenvalue weighted by molar-refractivity contribution is -0.154. The average molecular weight is 320 g/mol. The molecule has 0 spiro atoms. The summed E-state index contributed by atoms with van der Waals surface area (Å²) in [6.07, 6.45) is -2.88. The molecule has 0 aliphatic carbocycles. The Balaban J connectivity index is 1.92. The molecular weight excluding hydrogens is 309 g/mol. The van der Waals surface area contributed by atoms with Crippen molar-refractivity contribution in [2.75, 3.05) is 6.61 Å². The maximum absolute atomic E-state index is 12.2. The Bertz CT molecular complexity index is 807. The zero-order valence-electron chi connectivity index (χ0n) is 11.7. The summed E-state index contributed by atoms with van der Waals surface area (Å²) in [4.78, 5) is 8.18. The smallest absolute Gasteiger partial charge is 0.422 e. The van der Waals surface area contributed by atoms with Gasteiger partial charge >= 0.3 is 6.18 Å². The third-order valence-electron chi connectivity index (χ3n) is 2.88. The zero-order valence-corrected chi connectivity index (χ0v) is 11.7. The summed E-state index contributed by atoms with van der Waals surface area (Å²) in [5, 5.41) is 0. The van der Waals surface area contributed by atoms with E-state index >= 15 is 0 Å². The van der Waals surface area contributed by atoms with Crippen molar-refractivity contribution >= 4 is 11.0 Å². The number of halogens is 3. The molecule has 0 bridgehead atoms. The SMILES string of the molecule is FC(F)(F)COc1ccc2nccc(Oc3ccccc3)c2n1. The van der Waals surface area contributed by atoms with E-state index in [1.165, 1.54) is 12.1 Å². The van der Waals surface area contributed by atoms with Gasteiger partial charge in [0.2, 0.25) is 5.88 Å². The Kier molecular flexibility index (Phi) is 4.01. The van der Waals surface area contributed by atoms with Crippen LogP contribution in [0.1, 0.15) is 0 Å². The van der Waals surface area contributed by atoms with Gasteiger partial charge in [0.25, 0.3) is 0 Å². The number of rotatable bonds is 4. The minimum Gasteiger partial charge on any atom is -0.468 e. The highest BCUT2D eigenvalue weighted by molar-refractivity contribution is 5.81. The van der Waals surface area contributed by atoms with Crippen molar-refractivity contribution < 1.29 is 22.6 Å². The van der Waals surface area contributed by atoms with Crippen LogP contribution >= 0.6 is 0 Å². The second-order valence-electron chi connectivity index (χ2n) is 4.65. The fourth-order valence-electron chi connectivity index (χ4n) is 1.92. The monoisotopic (exact) mass is 320 g/mol. The molecule has 0 fully saturated rings. The standard InChI is InChI=1S/C16H11F3N2O2/c17-16(18,19)10-22-14-7-6-12-15(21-14)13(8-9-20-12)23-11-4-2-1-3-5-11/h1-9H,10H2. The number of benzene rings is 1. The van der Waals surface area contributed by atoms with Gasteiger partial charge in [0.1, 0.15) is 11.3 Å². The van der Waals surface area contributed by atoms with E-state index in [0.29, 0.717) is 22.5 Å². The summed E-state index contributed by atoms with van der Waals surface area (Å²) in [5.74, 6) is 0.836. The molecule has 2 heterocycles. The molecule has 0 atom stereocenters. The van der Waals surface area contributed by atoms with Crippen molar-refractivity contribution in [3.8, 4) is 17.4 Å². The van der Waals surface area contributed by atoms with Crippen LogP contribution < -0.4 is 9.47 Å². The lowest BCUT2D eigenvalue weighted by Crippen LogP contribution is -2.19. The molecule has 0 radical (unpaired) electrons. The van der Waals surface area contributed by atoms with Gasteiger partial charge in [0.15, 0.2) is 12.4 Å². The molecule has 4 nitrogen and oxygen atoms in total. The summed E-state index contributed by atoms with van der Waals surface area (Å²) in [5.41, 5.74) is 0.828.